The zero-order valence-electron chi connectivity index (χ0n) is 21.9. The van der Waals surface area contributed by atoms with Gasteiger partial charge in [0.05, 0.1) is 10.6 Å². The highest BCUT2D eigenvalue weighted by Crippen LogP contribution is 2.43. The third kappa shape index (κ3) is 5.07. The van der Waals surface area contributed by atoms with E-state index in [1.165, 1.54) is 18.2 Å². The van der Waals surface area contributed by atoms with Crippen LogP contribution in [0.25, 0.3) is 5.76 Å². The molecule has 0 fully saturated rings. The first-order valence-corrected chi connectivity index (χ1v) is 13.0. The molecule has 1 heterocycles. The molecule has 0 spiro atoms. The Bertz CT molecular complexity index is 1360. The number of fused-ring (bicyclic) bond motifs is 2. The molecular weight excluding hydrogens is 508 g/mol. The van der Waals surface area contributed by atoms with Gasteiger partial charge >= 0.3 is 6.09 Å². The van der Waals surface area contributed by atoms with Crippen molar-refractivity contribution in [1.82, 2.24) is 4.81 Å². The summed E-state index contributed by atoms with van der Waals surface area (Å²) in [4.78, 5) is 23.8. The number of hydrogen-bond acceptors (Lipinski definition) is 10. The van der Waals surface area contributed by atoms with Crippen LogP contribution in [-0.2, 0) is 15.1 Å². The third-order valence-electron chi connectivity index (χ3n) is 6.31. The molecule has 1 unspecified atom stereocenters. The standard InChI is InChI=1S/C27H31N4O6S/c1-15(2)12-13-27(28)18-9-7-6-8-17(18)22(32)21(23(27)33)24-29-19-11-10-16(14-20(19)38-30-24)31(35,36)25(34)37-26(3,4)5/h6-11,14-15,32H,12-13,28H2,1-5H3,(H,29,30)/q-1. The minimum absolute atomic E-state index is 0.0382. The Balaban J connectivity index is 1.68. The van der Waals surface area contributed by atoms with Crippen LogP contribution in [0.1, 0.15) is 58.6 Å². The lowest BCUT2D eigenvalue weighted by Crippen LogP contribution is -2.50. The van der Waals surface area contributed by atoms with Crippen LogP contribution in [0.2, 0.25) is 0 Å². The Morgan fingerprint density at radius 1 is 1.24 bits per heavy atom. The molecule has 0 aromatic heterocycles. The Morgan fingerprint density at radius 3 is 2.58 bits per heavy atom. The molecule has 2 aromatic carbocycles. The van der Waals surface area contributed by atoms with Gasteiger partial charge in [0.15, 0.2) is 11.6 Å². The van der Waals surface area contributed by atoms with Crippen LogP contribution < -0.4 is 15.9 Å². The highest BCUT2D eigenvalue weighted by atomic mass is 32.2. The number of benzene rings is 2. The van der Waals surface area contributed by atoms with Gasteiger partial charge in [0.2, 0.25) is 0 Å². The summed E-state index contributed by atoms with van der Waals surface area (Å²) >= 11 is 0.897. The number of aliphatic hydroxyl groups is 1. The fraction of sp³-hybridized carbons (Fsp3) is 0.370. The predicted octanol–water partition coefficient (Wildman–Crippen LogP) is 5.90. The maximum Gasteiger partial charge on any atom is 0.522 e. The zero-order chi connectivity index (χ0) is 28.0. The van der Waals surface area contributed by atoms with E-state index in [2.05, 4.69) is 9.71 Å². The summed E-state index contributed by atoms with van der Waals surface area (Å²) in [5.74, 6) is -0.277. The lowest BCUT2D eigenvalue weighted by atomic mass is 9.72. The first-order valence-electron chi connectivity index (χ1n) is 12.2. The number of nitrogens with two attached hydrogens (primary N) is 1. The maximum absolute atomic E-state index is 13.8. The SMILES string of the molecule is CC(C)CCC1(N)C(=O)C(C2=NSc3cc([N+]([O-])([O-])C(=O)OC(C)(C)C)ccc3N2)=C(O)c2ccccc21. The zero-order valence-corrected chi connectivity index (χ0v) is 22.7. The van der Waals surface area contributed by atoms with Gasteiger partial charge in [0.1, 0.15) is 28.2 Å². The van der Waals surface area contributed by atoms with E-state index in [1.807, 2.05) is 13.8 Å². The average molecular weight is 540 g/mol. The molecule has 1 aliphatic carbocycles. The highest BCUT2D eigenvalue weighted by Gasteiger charge is 2.46. The first kappa shape index (κ1) is 27.8. The van der Waals surface area contributed by atoms with Crippen LogP contribution in [0.4, 0.5) is 16.2 Å². The third-order valence-corrected chi connectivity index (χ3v) is 7.12. The lowest BCUT2D eigenvalue weighted by Gasteiger charge is -2.42. The Kier molecular flexibility index (Phi) is 7.19. The first-order chi connectivity index (χ1) is 17.6. The molecule has 4 N–H and O–H groups in total. The summed E-state index contributed by atoms with van der Waals surface area (Å²) in [6, 6.07) is 10.9. The molecule has 2 aliphatic rings. The number of amidine groups is 1. The second kappa shape index (κ2) is 9.83. The van der Waals surface area contributed by atoms with Gasteiger partial charge in [0, 0.05) is 29.6 Å². The molecule has 0 saturated carbocycles. The van der Waals surface area contributed by atoms with Crippen LogP contribution in [0.15, 0.2) is 57.3 Å². The van der Waals surface area contributed by atoms with E-state index in [0.29, 0.717) is 40.5 Å². The van der Waals surface area contributed by atoms with Crippen molar-refractivity contribution in [2.75, 3.05) is 5.32 Å². The minimum atomic E-state index is -2.60. The number of ketones is 1. The molecule has 2 aromatic rings. The second-order valence-electron chi connectivity index (χ2n) is 10.9. The number of nitrogens with zero attached hydrogens (tertiary/aromatic N) is 2. The lowest BCUT2D eigenvalue weighted by molar-refractivity contribution is -0.120. The number of carbonyl (C=O) groups is 2. The van der Waals surface area contributed by atoms with Gasteiger partial charge in [-0.25, -0.2) is 0 Å². The Morgan fingerprint density at radius 2 is 1.92 bits per heavy atom. The summed E-state index contributed by atoms with van der Waals surface area (Å²) in [6.45, 7) is 8.77. The number of amides is 1. The van der Waals surface area contributed by atoms with Gasteiger partial charge in [0.25, 0.3) is 0 Å². The number of ether oxygens (including phenoxy) is 1. The molecule has 1 aliphatic heterocycles. The molecular formula is C27H31N4O6S-. The summed E-state index contributed by atoms with van der Waals surface area (Å²) in [5.41, 5.74) is 5.43. The number of Topliss-reactive ketones (excluding diaryl/α,β-unsaturated/α-hetero) is 1. The van der Waals surface area contributed by atoms with Crippen molar-refractivity contribution in [2.45, 2.75) is 63.5 Å². The number of quaternary nitrogens is 1. The van der Waals surface area contributed by atoms with Gasteiger partial charge in [-0.2, -0.15) is 9.19 Å². The number of hydrogen-bond donors (Lipinski definition) is 3. The van der Waals surface area contributed by atoms with Gasteiger partial charge in [-0.05, 0) is 51.2 Å². The molecule has 1 amide bonds. The van der Waals surface area contributed by atoms with E-state index in [0.717, 1.165) is 11.9 Å². The molecule has 4 rings (SSSR count). The van der Waals surface area contributed by atoms with Crippen LogP contribution >= 0.6 is 11.9 Å². The Labute approximate surface area is 225 Å². The molecule has 11 heteroatoms. The quantitative estimate of drug-likeness (QED) is 0.239. The Hall–Kier alpha value is -3.22. The molecule has 0 bridgehead atoms. The molecule has 10 nitrogen and oxygen atoms in total. The van der Waals surface area contributed by atoms with Crippen molar-refractivity contribution >= 4 is 46.8 Å². The van der Waals surface area contributed by atoms with Gasteiger partial charge < -0.3 is 31.3 Å². The van der Waals surface area contributed by atoms with E-state index in [1.54, 1.807) is 45.0 Å². The predicted molar refractivity (Wildman–Crippen MR) is 149 cm³/mol. The average Bonchev–Trinajstić information content (AvgIpc) is 2.85. The van der Waals surface area contributed by atoms with Crippen molar-refractivity contribution in [1.29, 1.82) is 0 Å². The van der Waals surface area contributed by atoms with Crippen molar-refractivity contribution in [3.8, 4) is 0 Å². The number of nitrogens with one attached hydrogen (secondary N) is 1. The smallest absolute Gasteiger partial charge is 0.522 e. The second-order valence-corrected chi connectivity index (χ2v) is 11.7. The van der Waals surface area contributed by atoms with Gasteiger partial charge in [-0.1, -0.05) is 38.1 Å². The summed E-state index contributed by atoms with van der Waals surface area (Å²) < 4.78 is 9.34. The number of anilines is 1. The largest absolute Gasteiger partial charge is 0.616 e. The van der Waals surface area contributed by atoms with Crippen molar-refractivity contribution < 1.29 is 19.4 Å². The summed E-state index contributed by atoms with van der Waals surface area (Å²) in [5, 5.41) is 39.4. The summed E-state index contributed by atoms with van der Waals surface area (Å²) in [7, 11) is 0. The number of hydroxylamine groups is 2. The number of rotatable bonds is 5. The summed E-state index contributed by atoms with van der Waals surface area (Å²) in [6.07, 6.45) is -0.403. The molecule has 202 valence electrons. The van der Waals surface area contributed by atoms with Crippen molar-refractivity contribution in [3.05, 3.63) is 69.6 Å². The molecule has 0 saturated heterocycles. The maximum atomic E-state index is 13.8. The van der Waals surface area contributed by atoms with Crippen LogP contribution in [0.5, 0.6) is 0 Å². The van der Waals surface area contributed by atoms with Gasteiger partial charge in [-0.15, -0.1) is 0 Å². The van der Waals surface area contributed by atoms with E-state index in [4.69, 9.17) is 10.5 Å². The fourth-order valence-electron chi connectivity index (χ4n) is 4.30. The topological polar surface area (TPSA) is 160 Å². The fourth-order valence-corrected chi connectivity index (χ4v) is 5.02. The molecule has 38 heavy (non-hydrogen) atoms. The number of carbonyl (C=O) groups excluding carboxylic acids is 2. The van der Waals surface area contributed by atoms with E-state index in [9.17, 15) is 25.1 Å². The van der Waals surface area contributed by atoms with E-state index < -0.39 is 27.8 Å². The molecule has 0 radical (unpaired) electrons. The van der Waals surface area contributed by atoms with Crippen LogP contribution in [0, 0.1) is 16.3 Å². The highest BCUT2D eigenvalue weighted by molar-refractivity contribution is 7.98. The van der Waals surface area contributed by atoms with Crippen LogP contribution in [0.3, 0.4) is 0 Å². The van der Waals surface area contributed by atoms with Gasteiger partial charge in [-0.3, -0.25) is 9.60 Å². The normalized spacial score (nSPS) is 19.5. The monoisotopic (exact) mass is 539 g/mol. The van der Waals surface area contributed by atoms with Crippen molar-refractivity contribution in [3.63, 3.8) is 0 Å². The minimum Gasteiger partial charge on any atom is -0.616 e. The molecule has 1 atom stereocenters. The van der Waals surface area contributed by atoms with E-state index in [-0.39, 0.29) is 22.9 Å². The van der Waals surface area contributed by atoms with Crippen LogP contribution in [-0.4, -0.2) is 28.4 Å². The number of aliphatic hydroxyl groups excluding tert-OH is 1. The van der Waals surface area contributed by atoms with Crippen molar-refractivity contribution in [2.24, 2.45) is 16.0 Å². The van der Waals surface area contributed by atoms with E-state index >= 15 is 0 Å².